The van der Waals surface area contributed by atoms with Gasteiger partial charge in [0.1, 0.15) is 0 Å². The van der Waals surface area contributed by atoms with Crippen molar-refractivity contribution in [3.8, 4) is 0 Å². The minimum Gasteiger partial charge on any atom is -0.338 e. The number of nitrogens with one attached hydrogen (secondary N) is 2. The van der Waals surface area contributed by atoms with Crippen molar-refractivity contribution in [2.45, 2.75) is 38.1 Å². The third-order valence-corrected chi connectivity index (χ3v) is 4.95. The van der Waals surface area contributed by atoms with E-state index in [0.29, 0.717) is 6.54 Å². The fraction of sp³-hybridized carbons (Fsp3) is 0.444. The average Bonchev–Trinajstić information content (AvgIpc) is 2.88. The van der Waals surface area contributed by atoms with Crippen molar-refractivity contribution in [2.24, 2.45) is 7.05 Å². The fourth-order valence-electron chi connectivity index (χ4n) is 2.45. The molecule has 130 valence electrons. The van der Waals surface area contributed by atoms with Crippen LogP contribution < -0.4 is 10.6 Å². The Hall–Kier alpha value is -1.95. The molecular weight excluding hydrogens is 320 g/mol. The highest BCUT2D eigenvalue weighted by molar-refractivity contribution is 7.99. The molecule has 0 unspecified atom stereocenters. The van der Waals surface area contributed by atoms with Gasteiger partial charge in [-0.2, -0.15) is 5.10 Å². The second kappa shape index (κ2) is 8.78. The van der Waals surface area contributed by atoms with Gasteiger partial charge in [0, 0.05) is 24.2 Å². The van der Waals surface area contributed by atoms with Crippen LogP contribution in [0.4, 0.5) is 4.79 Å². The van der Waals surface area contributed by atoms with Crippen molar-refractivity contribution in [3.63, 3.8) is 0 Å². The predicted octanol–water partition coefficient (Wildman–Crippen LogP) is 3.44. The van der Waals surface area contributed by atoms with E-state index in [9.17, 15) is 4.79 Å². The summed E-state index contributed by atoms with van der Waals surface area (Å²) in [6.07, 6.45) is 2.64. The van der Waals surface area contributed by atoms with Gasteiger partial charge in [-0.25, -0.2) is 4.79 Å². The molecular formula is C18H26N4OS. The summed E-state index contributed by atoms with van der Waals surface area (Å²) < 4.78 is 1.85. The van der Waals surface area contributed by atoms with Crippen LogP contribution in [0.2, 0.25) is 0 Å². The number of aryl methyl sites for hydroxylation is 1. The molecule has 6 heteroatoms. The number of urea groups is 1. The number of carbonyl (C=O) groups excluding carboxylic acids is 1. The molecule has 2 aromatic rings. The number of aromatic nitrogens is 2. The van der Waals surface area contributed by atoms with Crippen molar-refractivity contribution in [1.29, 1.82) is 0 Å². The molecule has 0 saturated carbocycles. The lowest BCUT2D eigenvalue weighted by Gasteiger charge is -2.15. The molecule has 0 aliphatic carbocycles. The third kappa shape index (κ3) is 5.03. The Bertz CT molecular complexity index is 666. The number of benzene rings is 1. The van der Waals surface area contributed by atoms with Crippen LogP contribution in [-0.4, -0.2) is 28.1 Å². The highest BCUT2D eigenvalue weighted by Crippen LogP contribution is 2.20. The smallest absolute Gasteiger partial charge is 0.315 e. The quantitative estimate of drug-likeness (QED) is 0.755. The van der Waals surface area contributed by atoms with Gasteiger partial charge in [0.2, 0.25) is 0 Å². The Morgan fingerprint density at radius 1 is 1.33 bits per heavy atom. The average molecular weight is 347 g/mol. The summed E-state index contributed by atoms with van der Waals surface area (Å²) in [6, 6.07) is 8.18. The number of hydrogen-bond donors (Lipinski definition) is 2. The van der Waals surface area contributed by atoms with E-state index in [1.807, 2.05) is 43.5 Å². The second-order valence-corrected chi connectivity index (χ2v) is 7.09. The molecule has 5 nitrogen and oxygen atoms in total. The Morgan fingerprint density at radius 2 is 2.04 bits per heavy atom. The maximum atomic E-state index is 12.0. The van der Waals surface area contributed by atoms with Gasteiger partial charge in [0.05, 0.1) is 12.2 Å². The van der Waals surface area contributed by atoms with Crippen LogP contribution in [0.15, 0.2) is 35.4 Å². The van der Waals surface area contributed by atoms with Crippen LogP contribution in [0.25, 0.3) is 0 Å². The van der Waals surface area contributed by atoms with E-state index in [1.165, 1.54) is 4.90 Å². The molecule has 1 atom stereocenters. The lowest BCUT2D eigenvalue weighted by atomic mass is 10.1. The second-order valence-electron chi connectivity index (χ2n) is 5.75. The molecule has 2 rings (SSSR count). The highest BCUT2D eigenvalue weighted by Gasteiger charge is 2.10. The Morgan fingerprint density at radius 3 is 2.62 bits per heavy atom. The zero-order chi connectivity index (χ0) is 17.5. The number of amides is 2. The van der Waals surface area contributed by atoms with E-state index in [4.69, 9.17) is 0 Å². The van der Waals surface area contributed by atoms with E-state index in [1.54, 1.807) is 0 Å². The standard InChI is InChI=1S/C18H26N4OS/c1-5-24-17-8-6-15(7-9-17)13(2)21-18(23)19-11-10-16-12-20-22(4)14(16)3/h6-9,12-13H,5,10-11H2,1-4H3,(H2,19,21,23)/t13-/m1/s1. The van der Waals surface area contributed by atoms with E-state index < -0.39 is 0 Å². The zero-order valence-corrected chi connectivity index (χ0v) is 15.6. The molecule has 0 aliphatic heterocycles. The summed E-state index contributed by atoms with van der Waals surface area (Å²) in [4.78, 5) is 13.3. The molecule has 2 amide bonds. The van der Waals surface area contributed by atoms with Crippen LogP contribution in [0, 0.1) is 6.92 Å². The molecule has 0 radical (unpaired) electrons. The van der Waals surface area contributed by atoms with Crippen LogP contribution in [0.5, 0.6) is 0 Å². The monoisotopic (exact) mass is 346 g/mol. The van der Waals surface area contributed by atoms with Crippen molar-refractivity contribution in [2.75, 3.05) is 12.3 Å². The minimum absolute atomic E-state index is 0.0224. The van der Waals surface area contributed by atoms with Crippen LogP contribution in [0.3, 0.4) is 0 Å². The van der Waals surface area contributed by atoms with Crippen molar-refractivity contribution in [3.05, 3.63) is 47.3 Å². The Labute approximate surface area is 148 Å². The minimum atomic E-state index is -0.143. The van der Waals surface area contributed by atoms with E-state index in [0.717, 1.165) is 29.0 Å². The van der Waals surface area contributed by atoms with Crippen LogP contribution in [0.1, 0.15) is 36.7 Å². The molecule has 0 spiro atoms. The first kappa shape index (κ1) is 18.4. The Kier molecular flexibility index (Phi) is 6.73. The number of thioether (sulfide) groups is 1. The van der Waals surface area contributed by atoms with Gasteiger partial charge >= 0.3 is 6.03 Å². The maximum absolute atomic E-state index is 12.0. The maximum Gasteiger partial charge on any atom is 0.315 e. The topological polar surface area (TPSA) is 59.0 Å². The van der Waals surface area contributed by atoms with Gasteiger partial charge in [-0.1, -0.05) is 19.1 Å². The molecule has 0 aliphatic rings. The molecule has 2 N–H and O–H groups in total. The van der Waals surface area contributed by atoms with Crippen molar-refractivity contribution >= 4 is 17.8 Å². The molecule has 1 heterocycles. The van der Waals surface area contributed by atoms with Crippen LogP contribution in [-0.2, 0) is 13.5 Å². The van der Waals surface area contributed by atoms with Gasteiger partial charge in [-0.05, 0) is 49.3 Å². The van der Waals surface area contributed by atoms with Crippen LogP contribution >= 0.6 is 11.8 Å². The van der Waals surface area contributed by atoms with Gasteiger partial charge in [0.15, 0.2) is 0 Å². The van der Waals surface area contributed by atoms with E-state index in [2.05, 4.69) is 46.9 Å². The van der Waals surface area contributed by atoms with Gasteiger partial charge in [-0.15, -0.1) is 11.8 Å². The molecule has 0 fully saturated rings. The van der Waals surface area contributed by atoms with Gasteiger partial charge < -0.3 is 10.6 Å². The first-order valence-corrected chi connectivity index (χ1v) is 9.24. The van der Waals surface area contributed by atoms with Gasteiger partial charge in [-0.3, -0.25) is 4.68 Å². The zero-order valence-electron chi connectivity index (χ0n) is 14.8. The van der Waals surface area contributed by atoms with E-state index >= 15 is 0 Å². The summed E-state index contributed by atoms with van der Waals surface area (Å²) in [5, 5.41) is 10.1. The highest BCUT2D eigenvalue weighted by atomic mass is 32.2. The summed E-state index contributed by atoms with van der Waals surface area (Å²) >= 11 is 1.81. The predicted molar refractivity (Wildman–Crippen MR) is 99.4 cm³/mol. The number of hydrogen-bond acceptors (Lipinski definition) is 3. The molecule has 0 saturated heterocycles. The summed E-state index contributed by atoms with van der Waals surface area (Å²) in [6.45, 7) is 6.76. The first-order valence-electron chi connectivity index (χ1n) is 8.25. The van der Waals surface area contributed by atoms with Crippen molar-refractivity contribution in [1.82, 2.24) is 20.4 Å². The normalized spacial score (nSPS) is 12.0. The third-order valence-electron chi connectivity index (χ3n) is 4.06. The molecule has 24 heavy (non-hydrogen) atoms. The lowest BCUT2D eigenvalue weighted by molar-refractivity contribution is 0.238. The summed E-state index contributed by atoms with van der Waals surface area (Å²) in [7, 11) is 1.92. The van der Waals surface area contributed by atoms with Crippen molar-refractivity contribution < 1.29 is 4.79 Å². The SMILES string of the molecule is CCSc1ccc([C@@H](C)NC(=O)NCCc2cnn(C)c2C)cc1. The Balaban J connectivity index is 1.77. The van der Waals surface area contributed by atoms with E-state index in [-0.39, 0.29) is 12.1 Å². The van der Waals surface area contributed by atoms with Gasteiger partial charge in [0.25, 0.3) is 0 Å². The largest absolute Gasteiger partial charge is 0.338 e. The lowest BCUT2D eigenvalue weighted by Crippen LogP contribution is -2.38. The molecule has 0 bridgehead atoms. The molecule has 1 aromatic carbocycles. The summed E-state index contributed by atoms with van der Waals surface area (Å²) in [5.74, 6) is 1.06. The number of rotatable bonds is 7. The fourth-order valence-corrected chi connectivity index (χ4v) is 3.11. The first-order chi connectivity index (χ1) is 11.5. The number of nitrogens with zero attached hydrogens (tertiary/aromatic N) is 2. The molecule has 1 aromatic heterocycles. The number of carbonyl (C=O) groups is 1. The summed E-state index contributed by atoms with van der Waals surface area (Å²) in [5.41, 5.74) is 3.40.